The van der Waals surface area contributed by atoms with E-state index in [1.54, 1.807) is 30.5 Å². The van der Waals surface area contributed by atoms with Gasteiger partial charge in [0.15, 0.2) is 0 Å². The molecule has 116 valence electrons. The van der Waals surface area contributed by atoms with Crippen molar-refractivity contribution < 1.29 is 18.3 Å². The number of para-hydroxylation sites is 1. The number of hydrogen-bond donors (Lipinski definition) is 1. The fourth-order valence-corrected chi connectivity index (χ4v) is 2.25. The van der Waals surface area contributed by atoms with Crippen LogP contribution in [-0.2, 0) is 0 Å². The Labute approximate surface area is 130 Å². The lowest BCUT2D eigenvalue weighted by Gasteiger charge is -2.12. The molecule has 3 aromatic rings. The highest BCUT2D eigenvalue weighted by atomic mass is 19.3. The molecule has 1 N–H and O–H groups in total. The maximum absolute atomic E-state index is 12.4. The molecule has 0 saturated heterocycles. The SMILES string of the molecule is O=C(Nc1cccc2ncccc12)c1ccccc1OC(F)F. The molecule has 1 amide bonds. The largest absolute Gasteiger partial charge is 0.434 e. The van der Waals surface area contributed by atoms with Crippen molar-refractivity contribution in [1.82, 2.24) is 4.98 Å². The molecule has 0 saturated carbocycles. The molecule has 0 aliphatic heterocycles. The second-order valence-corrected chi connectivity index (χ2v) is 4.70. The summed E-state index contributed by atoms with van der Waals surface area (Å²) in [6.07, 6.45) is 1.65. The van der Waals surface area contributed by atoms with Crippen LogP contribution in [0.4, 0.5) is 14.5 Å². The van der Waals surface area contributed by atoms with Crippen LogP contribution in [0.2, 0.25) is 0 Å². The van der Waals surface area contributed by atoms with Gasteiger partial charge >= 0.3 is 6.61 Å². The molecule has 0 fully saturated rings. The van der Waals surface area contributed by atoms with Crippen LogP contribution in [0.5, 0.6) is 5.75 Å². The smallest absolute Gasteiger partial charge is 0.387 e. The predicted octanol–water partition coefficient (Wildman–Crippen LogP) is 4.09. The van der Waals surface area contributed by atoms with Crippen LogP contribution in [0.15, 0.2) is 60.8 Å². The summed E-state index contributed by atoms with van der Waals surface area (Å²) < 4.78 is 29.3. The summed E-state index contributed by atoms with van der Waals surface area (Å²) >= 11 is 0. The van der Waals surface area contributed by atoms with Gasteiger partial charge in [0.1, 0.15) is 5.75 Å². The Balaban J connectivity index is 1.93. The number of hydrogen-bond acceptors (Lipinski definition) is 3. The molecule has 23 heavy (non-hydrogen) atoms. The first kappa shape index (κ1) is 14.9. The molecule has 1 heterocycles. The lowest BCUT2D eigenvalue weighted by Crippen LogP contribution is -2.15. The molecule has 0 radical (unpaired) electrons. The summed E-state index contributed by atoms with van der Waals surface area (Å²) in [5, 5.41) is 3.47. The minimum atomic E-state index is -2.99. The van der Waals surface area contributed by atoms with Crippen molar-refractivity contribution in [3.63, 3.8) is 0 Å². The van der Waals surface area contributed by atoms with E-state index in [-0.39, 0.29) is 11.3 Å². The van der Waals surface area contributed by atoms with Gasteiger partial charge < -0.3 is 10.1 Å². The maximum atomic E-state index is 12.4. The Morgan fingerprint density at radius 3 is 2.70 bits per heavy atom. The molecule has 6 heteroatoms. The van der Waals surface area contributed by atoms with Crippen LogP contribution in [-0.4, -0.2) is 17.5 Å². The molecule has 3 rings (SSSR count). The van der Waals surface area contributed by atoms with Gasteiger partial charge in [0.2, 0.25) is 0 Å². The van der Waals surface area contributed by atoms with Crippen LogP contribution in [0.1, 0.15) is 10.4 Å². The minimum absolute atomic E-state index is 0.0358. The Kier molecular flexibility index (Phi) is 4.14. The van der Waals surface area contributed by atoms with E-state index in [4.69, 9.17) is 0 Å². The first-order chi connectivity index (χ1) is 11.1. The van der Waals surface area contributed by atoms with Crippen LogP contribution in [0.3, 0.4) is 0 Å². The number of rotatable bonds is 4. The number of benzene rings is 2. The monoisotopic (exact) mass is 314 g/mol. The van der Waals surface area contributed by atoms with Crippen molar-refractivity contribution in [2.45, 2.75) is 6.61 Å². The number of aromatic nitrogens is 1. The van der Waals surface area contributed by atoms with Gasteiger partial charge in [-0.15, -0.1) is 0 Å². The molecule has 0 bridgehead atoms. The summed E-state index contributed by atoms with van der Waals surface area (Å²) in [7, 11) is 0. The Morgan fingerprint density at radius 2 is 1.87 bits per heavy atom. The quantitative estimate of drug-likeness (QED) is 0.789. The number of amides is 1. The topological polar surface area (TPSA) is 51.2 Å². The van der Waals surface area contributed by atoms with E-state index < -0.39 is 12.5 Å². The maximum Gasteiger partial charge on any atom is 0.387 e. The number of ether oxygens (including phenoxy) is 1. The van der Waals surface area contributed by atoms with Gasteiger partial charge in [-0.1, -0.05) is 18.2 Å². The number of nitrogens with zero attached hydrogens (tertiary/aromatic N) is 1. The van der Waals surface area contributed by atoms with Gasteiger partial charge in [-0.05, 0) is 36.4 Å². The van der Waals surface area contributed by atoms with Gasteiger partial charge in [-0.2, -0.15) is 8.78 Å². The van der Waals surface area contributed by atoms with Crippen LogP contribution in [0, 0.1) is 0 Å². The summed E-state index contributed by atoms with van der Waals surface area (Å²) in [4.78, 5) is 16.6. The van der Waals surface area contributed by atoms with E-state index >= 15 is 0 Å². The van der Waals surface area contributed by atoms with Crippen LogP contribution in [0.25, 0.3) is 10.9 Å². The van der Waals surface area contributed by atoms with Crippen molar-refractivity contribution in [3.8, 4) is 5.75 Å². The standard InChI is InChI=1S/C17H12F2N2O2/c18-17(19)23-15-9-2-1-5-12(15)16(22)21-14-8-3-7-13-11(14)6-4-10-20-13/h1-10,17H,(H,21,22). The summed E-state index contributed by atoms with van der Waals surface area (Å²) in [6, 6.07) is 14.7. The van der Waals surface area contributed by atoms with Crippen LogP contribution < -0.4 is 10.1 Å². The fraction of sp³-hybridized carbons (Fsp3) is 0.0588. The van der Waals surface area contributed by atoms with E-state index in [9.17, 15) is 13.6 Å². The number of anilines is 1. The van der Waals surface area contributed by atoms with Crippen molar-refractivity contribution in [3.05, 3.63) is 66.4 Å². The third-order valence-electron chi connectivity index (χ3n) is 3.24. The van der Waals surface area contributed by atoms with Crippen LogP contribution >= 0.6 is 0 Å². The minimum Gasteiger partial charge on any atom is -0.434 e. The highest BCUT2D eigenvalue weighted by Gasteiger charge is 2.16. The molecule has 0 atom stereocenters. The normalized spacial score (nSPS) is 10.7. The number of nitrogens with one attached hydrogen (secondary N) is 1. The molecule has 0 aliphatic rings. The average molecular weight is 314 g/mol. The highest BCUT2D eigenvalue weighted by Crippen LogP contribution is 2.25. The molecule has 4 nitrogen and oxygen atoms in total. The molecule has 0 aliphatic carbocycles. The summed E-state index contributed by atoms with van der Waals surface area (Å²) in [5.74, 6) is -0.698. The number of alkyl halides is 2. The zero-order valence-corrected chi connectivity index (χ0v) is 11.9. The first-order valence-electron chi connectivity index (χ1n) is 6.84. The Bertz CT molecular complexity index is 847. The molecular formula is C17H12F2N2O2. The number of pyridine rings is 1. The summed E-state index contributed by atoms with van der Waals surface area (Å²) in [6.45, 7) is -2.99. The van der Waals surface area contributed by atoms with Crippen molar-refractivity contribution in [2.24, 2.45) is 0 Å². The third-order valence-corrected chi connectivity index (χ3v) is 3.24. The second-order valence-electron chi connectivity index (χ2n) is 4.70. The van der Waals surface area contributed by atoms with E-state index in [1.165, 1.54) is 18.2 Å². The molecule has 0 unspecified atom stereocenters. The van der Waals surface area contributed by atoms with Gasteiger partial charge in [-0.3, -0.25) is 9.78 Å². The lowest BCUT2D eigenvalue weighted by atomic mass is 10.1. The zero-order valence-electron chi connectivity index (χ0n) is 11.9. The van der Waals surface area contributed by atoms with Gasteiger partial charge in [0, 0.05) is 11.6 Å². The number of carbonyl (C=O) groups excluding carboxylic acids is 1. The zero-order chi connectivity index (χ0) is 16.2. The van der Waals surface area contributed by atoms with E-state index in [0.717, 1.165) is 10.9 Å². The van der Waals surface area contributed by atoms with E-state index in [1.807, 2.05) is 12.1 Å². The van der Waals surface area contributed by atoms with Gasteiger partial charge in [0.05, 0.1) is 16.8 Å². The van der Waals surface area contributed by atoms with Crippen molar-refractivity contribution >= 4 is 22.5 Å². The number of carbonyl (C=O) groups is 1. The molecular weight excluding hydrogens is 302 g/mol. The number of fused-ring (bicyclic) bond motifs is 1. The van der Waals surface area contributed by atoms with Gasteiger partial charge in [0.25, 0.3) is 5.91 Å². The van der Waals surface area contributed by atoms with Crippen molar-refractivity contribution in [1.29, 1.82) is 0 Å². The lowest BCUT2D eigenvalue weighted by molar-refractivity contribution is -0.0501. The average Bonchev–Trinajstić information content (AvgIpc) is 2.55. The first-order valence-corrected chi connectivity index (χ1v) is 6.84. The second kappa shape index (κ2) is 6.39. The van der Waals surface area contributed by atoms with E-state index in [0.29, 0.717) is 5.69 Å². The van der Waals surface area contributed by atoms with Crippen molar-refractivity contribution in [2.75, 3.05) is 5.32 Å². The predicted molar refractivity (Wildman–Crippen MR) is 82.8 cm³/mol. The highest BCUT2D eigenvalue weighted by molar-refractivity contribution is 6.10. The molecule has 1 aromatic heterocycles. The summed E-state index contributed by atoms with van der Waals surface area (Å²) in [5.41, 5.74) is 1.31. The Hall–Kier alpha value is -3.02. The fourth-order valence-electron chi connectivity index (χ4n) is 2.25. The van der Waals surface area contributed by atoms with E-state index in [2.05, 4.69) is 15.0 Å². The number of halogens is 2. The van der Waals surface area contributed by atoms with Gasteiger partial charge in [-0.25, -0.2) is 0 Å². The third kappa shape index (κ3) is 3.26. The molecule has 0 spiro atoms. The molecule has 2 aromatic carbocycles. The Morgan fingerprint density at radius 1 is 1.04 bits per heavy atom.